The van der Waals surface area contributed by atoms with Gasteiger partial charge < -0.3 is 19.6 Å². The van der Waals surface area contributed by atoms with Crippen LogP contribution in [0.25, 0.3) is 11.0 Å². The summed E-state index contributed by atoms with van der Waals surface area (Å²) in [6.45, 7) is 2.51. The molecule has 2 N–H and O–H groups in total. The van der Waals surface area contributed by atoms with Crippen LogP contribution < -0.4 is 15.6 Å². The zero-order chi connectivity index (χ0) is 16.5. The Morgan fingerprint density at radius 3 is 2.83 bits per heavy atom. The van der Waals surface area contributed by atoms with E-state index in [2.05, 4.69) is 10.3 Å². The van der Waals surface area contributed by atoms with Crippen molar-refractivity contribution in [2.45, 2.75) is 18.9 Å². The molecule has 3 aromatic rings. The lowest BCUT2D eigenvalue weighted by Gasteiger charge is -2.10. The molecular formula is C18H20N4O2. The number of hydrogen-bond donors (Lipinski definition) is 2. The Kier molecular flexibility index (Phi) is 3.82. The number of methoxy groups -OCH3 is 1. The van der Waals surface area contributed by atoms with E-state index < -0.39 is 0 Å². The maximum absolute atomic E-state index is 12.4. The third-order valence-electron chi connectivity index (χ3n) is 4.61. The van der Waals surface area contributed by atoms with E-state index >= 15 is 0 Å². The fraction of sp³-hybridized carbons (Fsp3) is 0.333. The molecule has 124 valence electrons. The number of benzene rings is 1. The van der Waals surface area contributed by atoms with Crippen LogP contribution in [-0.4, -0.2) is 34.7 Å². The number of nitrogens with zero attached hydrogens (tertiary/aromatic N) is 2. The van der Waals surface area contributed by atoms with Crippen LogP contribution >= 0.6 is 0 Å². The van der Waals surface area contributed by atoms with Crippen LogP contribution in [0.3, 0.4) is 0 Å². The molecule has 1 fully saturated rings. The number of hydrogen-bond acceptors (Lipinski definition) is 4. The third-order valence-corrected chi connectivity index (χ3v) is 4.61. The van der Waals surface area contributed by atoms with Crippen LogP contribution in [0.1, 0.15) is 23.7 Å². The number of aromatic nitrogens is 3. The predicted octanol–water partition coefficient (Wildman–Crippen LogP) is 1.86. The minimum absolute atomic E-state index is 0.0598. The van der Waals surface area contributed by atoms with Gasteiger partial charge in [-0.2, -0.15) is 0 Å². The van der Waals surface area contributed by atoms with Crippen LogP contribution in [0.4, 0.5) is 0 Å². The molecule has 4 rings (SSSR count). The van der Waals surface area contributed by atoms with Crippen LogP contribution in [0.15, 0.2) is 41.3 Å². The van der Waals surface area contributed by atoms with Crippen molar-refractivity contribution in [2.24, 2.45) is 0 Å². The molecule has 6 heteroatoms. The molecule has 1 saturated heterocycles. The topological polar surface area (TPSA) is 71.9 Å². The summed E-state index contributed by atoms with van der Waals surface area (Å²) in [4.78, 5) is 20.1. The fourth-order valence-corrected chi connectivity index (χ4v) is 3.23. The van der Waals surface area contributed by atoms with E-state index in [0.29, 0.717) is 11.9 Å². The lowest BCUT2D eigenvalue weighted by Crippen LogP contribution is -2.17. The number of rotatable bonds is 4. The molecule has 0 amide bonds. The average Bonchev–Trinajstić information content (AvgIpc) is 3.26. The second kappa shape index (κ2) is 6.13. The Hall–Kier alpha value is -2.60. The van der Waals surface area contributed by atoms with E-state index in [1.54, 1.807) is 7.11 Å². The zero-order valence-corrected chi connectivity index (χ0v) is 13.6. The number of ether oxygens (including phenoxy) is 1. The predicted molar refractivity (Wildman–Crippen MR) is 92.7 cm³/mol. The molecule has 1 aliphatic rings. The van der Waals surface area contributed by atoms with Crippen molar-refractivity contribution < 1.29 is 4.74 Å². The normalized spacial score (nSPS) is 17.5. The summed E-state index contributed by atoms with van der Waals surface area (Å²) in [7, 11) is 1.66. The minimum Gasteiger partial charge on any atom is -0.497 e. The van der Waals surface area contributed by atoms with Gasteiger partial charge in [0.2, 0.25) is 0 Å². The van der Waals surface area contributed by atoms with Gasteiger partial charge in [-0.05, 0) is 36.7 Å². The van der Waals surface area contributed by atoms with Crippen molar-refractivity contribution in [3.8, 4) is 5.75 Å². The molecule has 24 heavy (non-hydrogen) atoms. The molecule has 1 aliphatic heterocycles. The highest BCUT2D eigenvalue weighted by atomic mass is 16.5. The van der Waals surface area contributed by atoms with Gasteiger partial charge in [-0.3, -0.25) is 4.79 Å². The molecule has 0 saturated carbocycles. The first-order valence-electron chi connectivity index (χ1n) is 8.17. The van der Waals surface area contributed by atoms with E-state index in [-0.39, 0.29) is 11.5 Å². The first kappa shape index (κ1) is 15.0. The summed E-state index contributed by atoms with van der Waals surface area (Å²) in [5.41, 5.74) is 1.83. The van der Waals surface area contributed by atoms with Gasteiger partial charge in [0, 0.05) is 25.2 Å². The highest BCUT2D eigenvalue weighted by molar-refractivity contribution is 5.75. The van der Waals surface area contributed by atoms with Gasteiger partial charge in [-0.25, -0.2) is 4.98 Å². The largest absolute Gasteiger partial charge is 0.497 e. The maximum atomic E-state index is 12.4. The summed E-state index contributed by atoms with van der Waals surface area (Å²) in [6.07, 6.45) is 2.93. The Bertz CT molecular complexity index is 905. The molecule has 2 aromatic heterocycles. The third kappa shape index (κ3) is 2.69. The first-order valence-corrected chi connectivity index (χ1v) is 8.17. The molecule has 1 aromatic carbocycles. The van der Waals surface area contributed by atoms with Crippen molar-refractivity contribution >= 4 is 11.0 Å². The molecule has 0 radical (unpaired) electrons. The van der Waals surface area contributed by atoms with Crippen LogP contribution in [0, 0.1) is 0 Å². The van der Waals surface area contributed by atoms with Crippen LogP contribution in [-0.2, 0) is 6.54 Å². The Morgan fingerprint density at radius 2 is 2.12 bits per heavy atom. The molecular weight excluding hydrogens is 304 g/mol. The Labute approximate surface area is 139 Å². The smallest absolute Gasteiger partial charge is 0.260 e. The molecule has 3 heterocycles. The Morgan fingerprint density at radius 1 is 1.29 bits per heavy atom. The van der Waals surface area contributed by atoms with Crippen molar-refractivity contribution in [1.82, 2.24) is 19.9 Å². The highest BCUT2D eigenvalue weighted by Crippen LogP contribution is 2.20. The zero-order valence-electron chi connectivity index (χ0n) is 13.6. The lowest BCUT2D eigenvalue weighted by atomic mass is 10.1. The number of aromatic amines is 1. The minimum atomic E-state index is -0.0598. The molecule has 0 bridgehead atoms. The second-order valence-corrected chi connectivity index (χ2v) is 6.17. The maximum Gasteiger partial charge on any atom is 0.260 e. The summed E-state index contributed by atoms with van der Waals surface area (Å²) < 4.78 is 7.22. The summed E-state index contributed by atoms with van der Waals surface area (Å²) in [5.74, 6) is 1.90. The fourth-order valence-electron chi connectivity index (χ4n) is 3.23. The van der Waals surface area contributed by atoms with Crippen molar-refractivity contribution in [1.29, 1.82) is 0 Å². The van der Waals surface area contributed by atoms with Gasteiger partial charge >= 0.3 is 0 Å². The van der Waals surface area contributed by atoms with Gasteiger partial charge in [0.05, 0.1) is 12.5 Å². The van der Waals surface area contributed by atoms with Gasteiger partial charge in [0.15, 0.2) is 0 Å². The molecule has 0 spiro atoms. The number of H-pyrrole nitrogens is 1. The highest BCUT2D eigenvalue weighted by Gasteiger charge is 2.20. The lowest BCUT2D eigenvalue weighted by molar-refractivity contribution is 0.414. The second-order valence-electron chi connectivity index (χ2n) is 6.17. The first-order chi connectivity index (χ1) is 11.7. The molecule has 6 nitrogen and oxygen atoms in total. The van der Waals surface area contributed by atoms with E-state index in [9.17, 15) is 4.79 Å². The van der Waals surface area contributed by atoms with Gasteiger partial charge in [-0.1, -0.05) is 12.1 Å². The van der Waals surface area contributed by atoms with E-state index in [0.717, 1.165) is 42.3 Å². The Balaban J connectivity index is 1.70. The van der Waals surface area contributed by atoms with Gasteiger partial charge in [0.1, 0.15) is 17.2 Å². The van der Waals surface area contributed by atoms with Gasteiger partial charge in [0.25, 0.3) is 5.56 Å². The summed E-state index contributed by atoms with van der Waals surface area (Å²) in [6, 6.07) is 9.77. The molecule has 1 atom stereocenters. The van der Waals surface area contributed by atoms with Crippen molar-refractivity contribution in [3.63, 3.8) is 0 Å². The SMILES string of the molecule is COc1ccc(Cn2ccc3c(=O)[nH]c(C4CCNC4)nc32)cc1. The number of nitrogens with one attached hydrogen (secondary N) is 2. The number of fused-ring (bicyclic) bond motifs is 1. The van der Waals surface area contributed by atoms with E-state index in [1.165, 1.54) is 0 Å². The van der Waals surface area contributed by atoms with Crippen molar-refractivity contribution in [3.05, 3.63) is 58.3 Å². The quantitative estimate of drug-likeness (QED) is 0.768. The monoisotopic (exact) mass is 324 g/mol. The van der Waals surface area contributed by atoms with Crippen LogP contribution in [0.5, 0.6) is 5.75 Å². The molecule has 0 aliphatic carbocycles. The molecule has 1 unspecified atom stereocenters. The van der Waals surface area contributed by atoms with Gasteiger partial charge in [-0.15, -0.1) is 0 Å². The standard InChI is InChI=1S/C18H20N4O2/c1-24-14-4-2-12(3-5-14)11-22-9-7-15-17(22)20-16(21-18(15)23)13-6-8-19-10-13/h2-5,7,9,13,19H,6,8,10-11H2,1H3,(H,20,21,23). The van der Waals surface area contributed by atoms with E-state index in [4.69, 9.17) is 9.72 Å². The van der Waals surface area contributed by atoms with E-state index in [1.807, 2.05) is 41.1 Å². The van der Waals surface area contributed by atoms with Crippen LogP contribution in [0.2, 0.25) is 0 Å². The van der Waals surface area contributed by atoms with Crippen molar-refractivity contribution in [2.75, 3.05) is 20.2 Å². The summed E-state index contributed by atoms with van der Waals surface area (Å²) in [5, 5.41) is 3.95. The summed E-state index contributed by atoms with van der Waals surface area (Å²) >= 11 is 0. The average molecular weight is 324 g/mol.